The molecule has 2 aromatic rings. The summed E-state index contributed by atoms with van der Waals surface area (Å²) in [6, 6.07) is 3.64. The third-order valence-electron chi connectivity index (χ3n) is 2.39. The second kappa shape index (κ2) is 4.94. The first-order chi connectivity index (χ1) is 9.17. The second-order valence-corrected chi connectivity index (χ2v) is 3.48. The fraction of sp³-hybridized carbons (Fsp3) is 0.0909. The van der Waals surface area contributed by atoms with Gasteiger partial charge in [-0.2, -0.15) is 10.5 Å². The smallest absolute Gasteiger partial charge is 0.339 e. The van der Waals surface area contributed by atoms with Crippen LogP contribution in [0.3, 0.4) is 0 Å². The van der Waals surface area contributed by atoms with Crippen LogP contribution in [0.15, 0.2) is 18.9 Å². The molecule has 92 valence electrons. The Morgan fingerprint density at radius 3 is 2.79 bits per heavy atom. The second-order valence-electron chi connectivity index (χ2n) is 3.48. The first kappa shape index (κ1) is 12.2. The summed E-state index contributed by atoms with van der Waals surface area (Å²) in [5.74, 6) is -1.16. The van der Waals surface area contributed by atoms with Crippen LogP contribution in [0.2, 0.25) is 0 Å². The van der Waals surface area contributed by atoms with Gasteiger partial charge in [-0.05, 0) is 0 Å². The number of hydrogen-bond acceptors (Lipinski definition) is 6. The number of nitrogens with zero attached hydrogens (tertiary/aromatic N) is 6. The molecule has 0 fully saturated rings. The lowest BCUT2D eigenvalue weighted by Crippen LogP contribution is -2.10. The Bertz CT molecular complexity index is 722. The third-order valence-corrected chi connectivity index (χ3v) is 2.39. The molecule has 0 atom stereocenters. The van der Waals surface area contributed by atoms with E-state index in [1.54, 1.807) is 6.07 Å². The van der Waals surface area contributed by atoms with Crippen molar-refractivity contribution in [3.8, 4) is 12.1 Å². The summed E-state index contributed by atoms with van der Waals surface area (Å²) < 4.78 is 1.37. The van der Waals surface area contributed by atoms with Gasteiger partial charge in [0.25, 0.3) is 0 Å². The highest BCUT2D eigenvalue weighted by atomic mass is 16.4. The highest BCUT2D eigenvalue weighted by Crippen LogP contribution is 2.10. The molecule has 0 saturated carbocycles. The van der Waals surface area contributed by atoms with Crippen LogP contribution in [0.5, 0.6) is 0 Å². The molecule has 2 heterocycles. The van der Waals surface area contributed by atoms with Gasteiger partial charge in [-0.15, -0.1) is 0 Å². The van der Waals surface area contributed by atoms with Crippen molar-refractivity contribution >= 4 is 5.97 Å². The van der Waals surface area contributed by atoms with Crippen molar-refractivity contribution in [2.45, 2.75) is 6.54 Å². The molecule has 0 aliphatic rings. The van der Waals surface area contributed by atoms with Crippen LogP contribution in [-0.4, -0.2) is 30.6 Å². The van der Waals surface area contributed by atoms with Crippen molar-refractivity contribution in [2.24, 2.45) is 0 Å². The maximum Gasteiger partial charge on any atom is 0.339 e. The standard InChI is InChI=1S/C11H6N6O2/c12-1-8-10(2-13)17(6-16-8)4-9-7(11(18)19)3-14-5-15-9/h3,5-6H,4H2,(H,18,19). The van der Waals surface area contributed by atoms with E-state index in [1.807, 2.05) is 6.07 Å². The molecule has 0 aliphatic heterocycles. The number of nitriles is 2. The van der Waals surface area contributed by atoms with Crippen LogP contribution in [0, 0.1) is 22.7 Å². The molecule has 0 spiro atoms. The summed E-state index contributed by atoms with van der Waals surface area (Å²) in [7, 11) is 0. The van der Waals surface area contributed by atoms with Crippen molar-refractivity contribution in [3.05, 3.63) is 41.5 Å². The number of aromatic carboxylic acids is 1. The van der Waals surface area contributed by atoms with Gasteiger partial charge in [-0.1, -0.05) is 0 Å². The Labute approximate surface area is 107 Å². The highest BCUT2D eigenvalue weighted by molar-refractivity contribution is 5.88. The molecule has 0 bridgehead atoms. The van der Waals surface area contributed by atoms with E-state index in [-0.39, 0.29) is 29.2 Å². The molecule has 0 aromatic carbocycles. The van der Waals surface area contributed by atoms with Crippen molar-refractivity contribution in [1.29, 1.82) is 10.5 Å². The molecule has 0 saturated heterocycles. The van der Waals surface area contributed by atoms with Crippen LogP contribution in [0.25, 0.3) is 0 Å². The highest BCUT2D eigenvalue weighted by Gasteiger charge is 2.15. The van der Waals surface area contributed by atoms with Gasteiger partial charge in [-0.25, -0.2) is 19.7 Å². The van der Waals surface area contributed by atoms with E-state index in [2.05, 4.69) is 15.0 Å². The molecular formula is C11H6N6O2. The van der Waals surface area contributed by atoms with Gasteiger partial charge >= 0.3 is 5.97 Å². The number of hydrogen-bond donors (Lipinski definition) is 1. The maximum absolute atomic E-state index is 11.0. The predicted molar refractivity (Wildman–Crippen MR) is 59.8 cm³/mol. The molecule has 8 nitrogen and oxygen atoms in total. The van der Waals surface area contributed by atoms with E-state index < -0.39 is 5.97 Å². The lowest BCUT2D eigenvalue weighted by atomic mass is 10.2. The third kappa shape index (κ3) is 2.23. The summed E-state index contributed by atoms with van der Waals surface area (Å²) in [4.78, 5) is 22.3. The lowest BCUT2D eigenvalue weighted by Gasteiger charge is -2.05. The monoisotopic (exact) mass is 254 g/mol. The molecular weight excluding hydrogens is 248 g/mol. The van der Waals surface area contributed by atoms with E-state index in [9.17, 15) is 4.79 Å². The molecule has 2 aromatic heterocycles. The first-order valence-electron chi connectivity index (χ1n) is 5.05. The Hall–Kier alpha value is -3.26. The molecule has 0 unspecified atom stereocenters. The number of carboxylic acid groups (broad SMARTS) is 1. The molecule has 19 heavy (non-hydrogen) atoms. The maximum atomic E-state index is 11.0. The van der Waals surface area contributed by atoms with Gasteiger partial charge < -0.3 is 9.67 Å². The Morgan fingerprint density at radius 2 is 2.16 bits per heavy atom. The van der Waals surface area contributed by atoms with Gasteiger partial charge in [0.2, 0.25) is 0 Å². The molecule has 1 N–H and O–H groups in total. The van der Waals surface area contributed by atoms with Crippen molar-refractivity contribution in [3.63, 3.8) is 0 Å². The first-order valence-corrected chi connectivity index (χ1v) is 5.05. The summed E-state index contributed by atoms with van der Waals surface area (Å²) in [5, 5.41) is 26.7. The number of aromatic nitrogens is 4. The van der Waals surface area contributed by atoms with Gasteiger partial charge in [-0.3, -0.25) is 0 Å². The van der Waals surface area contributed by atoms with E-state index >= 15 is 0 Å². The van der Waals surface area contributed by atoms with Crippen molar-refractivity contribution in [2.75, 3.05) is 0 Å². The van der Waals surface area contributed by atoms with Crippen LogP contribution in [-0.2, 0) is 6.54 Å². The molecule has 8 heteroatoms. The van der Waals surface area contributed by atoms with Crippen LogP contribution in [0.1, 0.15) is 27.4 Å². The fourth-order valence-corrected chi connectivity index (χ4v) is 1.52. The van der Waals surface area contributed by atoms with Crippen LogP contribution >= 0.6 is 0 Å². The van der Waals surface area contributed by atoms with E-state index in [4.69, 9.17) is 15.6 Å². The average Bonchev–Trinajstić information content (AvgIpc) is 2.81. The number of rotatable bonds is 3. The summed E-state index contributed by atoms with van der Waals surface area (Å²) >= 11 is 0. The summed E-state index contributed by atoms with van der Waals surface area (Å²) in [5.41, 5.74) is 0.241. The molecule has 0 amide bonds. The van der Waals surface area contributed by atoms with Crippen molar-refractivity contribution in [1.82, 2.24) is 19.5 Å². The largest absolute Gasteiger partial charge is 0.478 e. The fourth-order valence-electron chi connectivity index (χ4n) is 1.52. The Balaban J connectivity index is 2.44. The zero-order valence-corrected chi connectivity index (χ0v) is 9.48. The van der Waals surface area contributed by atoms with Gasteiger partial charge in [0.1, 0.15) is 24.0 Å². The van der Waals surface area contributed by atoms with Crippen molar-refractivity contribution < 1.29 is 9.90 Å². The van der Waals surface area contributed by atoms with E-state index in [0.29, 0.717) is 0 Å². The number of carbonyl (C=O) groups is 1. The zero-order chi connectivity index (χ0) is 13.8. The SMILES string of the molecule is N#Cc1ncn(Cc2ncncc2C(=O)O)c1C#N. The quantitative estimate of drug-likeness (QED) is 0.825. The average molecular weight is 254 g/mol. The zero-order valence-electron chi connectivity index (χ0n) is 9.48. The Kier molecular flexibility index (Phi) is 3.17. The van der Waals surface area contributed by atoms with Gasteiger partial charge in [0, 0.05) is 6.20 Å². The molecule has 0 aliphatic carbocycles. The topological polar surface area (TPSA) is 128 Å². The minimum atomic E-state index is -1.16. The van der Waals surface area contributed by atoms with Gasteiger partial charge in [0.05, 0.1) is 18.6 Å². The summed E-state index contributed by atoms with van der Waals surface area (Å²) in [6.45, 7) is 0.0295. The molecule has 0 radical (unpaired) electrons. The normalized spacial score (nSPS) is 9.58. The predicted octanol–water partition coefficient (Wildman–Crippen LogP) is 0.163. The van der Waals surface area contributed by atoms with Gasteiger partial charge in [0.15, 0.2) is 11.4 Å². The summed E-state index contributed by atoms with van der Waals surface area (Å²) in [6.07, 6.45) is 3.69. The molecule has 2 rings (SSSR count). The minimum absolute atomic E-state index is 0.00608. The number of carboxylic acids is 1. The lowest BCUT2D eigenvalue weighted by molar-refractivity contribution is 0.0694. The number of imidazole rings is 1. The van der Waals surface area contributed by atoms with E-state index in [0.717, 1.165) is 0 Å². The minimum Gasteiger partial charge on any atom is -0.478 e. The van der Waals surface area contributed by atoms with Crippen LogP contribution < -0.4 is 0 Å². The van der Waals surface area contributed by atoms with E-state index in [1.165, 1.54) is 23.4 Å². The Morgan fingerprint density at radius 1 is 1.37 bits per heavy atom. The van der Waals surface area contributed by atoms with Crippen LogP contribution in [0.4, 0.5) is 0 Å².